The molecule has 2 aliphatic rings. The van der Waals surface area contributed by atoms with Crippen LogP contribution in [0.5, 0.6) is 11.5 Å². The van der Waals surface area contributed by atoms with Crippen LogP contribution in [-0.4, -0.2) is 32.4 Å². The molecule has 0 spiro atoms. The Balaban J connectivity index is 1.72. The van der Waals surface area contributed by atoms with Gasteiger partial charge in [0.2, 0.25) is 6.79 Å². The second-order valence-corrected chi connectivity index (χ2v) is 5.60. The van der Waals surface area contributed by atoms with Gasteiger partial charge in [0.25, 0.3) is 0 Å². The molecule has 22 heavy (non-hydrogen) atoms. The van der Waals surface area contributed by atoms with Crippen LogP contribution in [0.4, 0.5) is 0 Å². The van der Waals surface area contributed by atoms with Gasteiger partial charge >= 0.3 is 0 Å². The third kappa shape index (κ3) is 2.96. The van der Waals surface area contributed by atoms with E-state index in [-0.39, 0.29) is 5.41 Å². The molecule has 1 fully saturated rings. The SMILES string of the molecule is C#CCNC(=NCC1(c2ccc3c(c2)OCO3)CC1)NCC. The highest BCUT2D eigenvalue weighted by atomic mass is 16.7. The molecule has 5 heteroatoms. The van der Waals surface area contributed by atoms with E-state index in [9.17, 15) is 0 Å². The minimum absolute atomic E-state index is 0.124. The van der Waals surface area contributed by atoms with Crippen LogP contribution in [-0.2, 0) is 5.41 Å². The topological polar surface area (TPSA) is 54.9 Å². The molecule has 1 aromatic rings. The molecule has 0 bridgehead atoms. The molecule has 1 saturated carbocycles. The van der Waals surface area contributed by atoms with Crippen molar-refractivity contribution in [2.45, 2.75) is 25.2 Å². The van der Waals surface area contributed by atoms with Gasteiger partial charge in [0.05, 0.1) is 13.1 Å². The molecule has 5 nitrogen and oxygen atoms in total. The first kappa shape index (κ1) is 14.6. The fourth-order valence-corrected chi connectivity index (χ4v) is 2.62. The molecule has 2 N–H and O–H groups in total. The lowest BCUT2D eigenvalue weighted by Gasteiger charge is -2.15. The maximum Gasteiger partial charge on any atom is 0.231 e. The van der Waals surface area contributed by atoms with E-state index in [0.29, 0.717) is 13.3 Å². The Morgan fingerprint density at radius 3 is 2.86 bits per heavy atom. The molecule has 0 saturated heterocycles. The molecule has 1 aromatic carbocycles. The lowest BCUT2D eigenvalue weighted by atomic mass is 9.96. The Morgan fingerprint density at radius 1 is 1.32 bits per heavy atom. The minimum Gasteiger partial charge on any atom is -0.454 e. The van der Waals surface area contributed by atoms with Crippen molar-refractivity contribution >= 4 is 5.96 Å². The summed E-state index contributed by atoms with van der Waals surface area (Å²) in [6.07, 6.45) is 7.58. The maximum atomic E-state index is 5.47. The molecule has 1 aliphatic heterocycles. The fourth-order valence-electron chi connectivity index (χ4n) is 2.62. The van der Waals surface area contributed by atoms with Gasteiger partial charge in [-0.05, 0) is 37.5 Å². The van der Waals surface area contributed by atoms with Gasteiger partial charge < -0.3 is 20.1 Å². The number of fused-ring (bicyclic) bond motifs is 1. The summed E-state index contributed by atoms with van der Waals surface area (Å²) in [4.78, 5) is 4.68. The number of hydrogen-bond donors (Lipinski definition) is 2. The van der Waals surface area contributed by atoms with Crippen molar-refractivity contribution < 1.29 is 9.47 Å². The molecular weight excluding hydrogens is 278 g/mol. The van der Waals surface area contributed by atoms with Crippen LogP contribution in [0.2, 0.25) is 0 Å². The molecule has 1 aliphatic carbocycles. The third-order valence-electron chi connectivity index (χ3n) is 4.08. The lowest BCUT2D eigenvalue weighted by Crippen LogP contribution is -2.38. The van der Waals surface area contributed by atoms with E-state index in [1.165, 1.54) is 5.56 Å². The summed E-state index contributed by atoms with van der Waals surface area (Å²) >= 11 is 0. The van der Waals surface area contributed by atoms with E-state index in [2.05, 4.69) is 33.7 Å². The van der Waals surface area contributed by atoms with Gasteiger partial charge in [-0.1, -0.05) is 12.0 Å². The van der Waals surface area contributed by atoms with E-state index in [4.69, 9.17) is 15.9 Å². The van der Waals surface area contributed by atoms with E-state index < -0.39 is 0 Å². The number of hydrogen-bond acceptors (Lipinski definition) is 3. The standard InChI is InChI=1S/C17H21N3O2/c1-3-9-19-16(18-4-2)20-11-17(7-8-17)13-5-6-14-15(10-13)22-12-21-14/h1,5-6,10H,4,7-9,11-12H2,2H3,(H2,18,19,20). The molecule has 0 aromatic heterocycles. The number of benzene rings is 1. The summed E-state index contributed by atoms with van der Waals surface area (Å²) in [6, 6.07) is 6.20. The summed E-state index contributed by atoms with van der Waals surface area (Å²) < 4.78 is 10.8. The molecule has 0 radical (unpaired) electrons. The van der Waals surface area contributed by atoms with Crippen molar-refractivity contribution in [1.82, 2.24) is 10.6 Å². The number of rotatable bonds is 5. The Bertz CT molecular complexity index is 615. The first-order valence-corrected chi connectivity index (χ1v) is 7.63. The Hall–Kier alpha value is -2.35. The second kappa shape index (κ2) is 6.18. The zero-order valence-electron chi connectivity index (χ0n) is 12.8. The molecule has 0 amide bonds. The second-order valence-electron chi connectivity index (χ2n) is 5.60. The van der Waals surface area contributed by atoms with E-state index in [1.54, 1.807) is 0 Å². The Labute approximate surface area is 131 Å². The Morgan fingerprint density at radius 2 is 2.14 bits per heavy atom. The monoisotopic (exact) mass is 299 g/mol. The summed E-state index contributed by atoms with van der Waals surface area (Å²) in [5.74, 6) is 5.00. The third-order valence-corrected chi connectivity index (χ3v) is 4.08. The number of ether oxygens (including phenoxy) is 2. The first-order chi connectivity index (χ1) is 10.8. The smallest absolute Gasteiger partial charge is 0.231 e. The summed E-state index contributed by atoms with van der Waals surface area (Å²) in [7, 11) is 0. The van der Waals surface area contributed by atoms with Crippen molar-refractivity contribution in [1.29, 1.82) is 0 Å². The quantitative estimate of drug-likeness (QED) is 0.493. The van der Waals surface area contributed by atoms with Gasteiger partial charge in [0.15, 0.2) is 17.5 Å². The average molecular weight is 299 g/mol. The van der Waals surface area contributed by atoms with Crippen molar-refractivity contribution in [2.75, 3.05) is 26.4 Å². The van der Waals surface area contributed by atoms with Gasteiger partial charge in [0, 0.05) is 12.0 Å². The van der Waals surface area contributed by atoms with Crippen LogP contribution in [0.3, 0.4) is 0 Å². The predicted octanol–water partition coefficient (Wildman–Crippen LogP) is 1.64. The van der Waals surface area contributed by atoms with Crippen molar-refractivity contribution in [2.24, 2.45) is 4.99 Å². The molecule has 116 valence electrons. The zero-order valence-corrected chi connectivity index (χ0v) is 12.8. The lowest BCUT2D eigenvalue weighted by molar-refractivity contribution is 0.174. The fraction of sp³-hybridized carbons (Fsp3) is 0.471. The van der Waals surface area contributed by atoms with Gasteiger partial charge in [-0.2, -0.15) is 0 Å². The Kier molecular flexibility index (Phi) is 4.10. The normalized spacial score (nSPS) is 17.7. The molecular formula is C17H21N3O2. The van der Waals surface area contributed by atoms with Crippen molar-refractivity contribution in [3.63, 3.8) is 0 Å². The number of nitrogens with zero attached hydrogens (tertiary/aromatic N) is 1. The van der Waals surface area contributed by atoms with E-state index in [1.807, 2.05) is 13.0 Å². The number of aliphatic imine (C=N–C) groups is 1. The molecule has 0 unspecified atom stereocenters. The van der Waals surface area contributed by atoms with Gasteiger partial charge in [0.1, 0.15) is 0 Å². The largest absolute Gasteiger partial charge is 0.454 e. The van der Waals surface area contributed by atoms with Gasteiger partial charge in [-0.25, -0.2) is 0 Å². The average Bonchev–Trinajstić information content (AvgIpc) is 3.18. The van der Waals surface area contributed by atoms with Crippen LogP contribution < -0.4 is 20.1 Å². The van der Waals surface area contributed by atoms with Crippen LogP contribution in [0.15, 0.2) is 23.2 Å². The first-order valence-electron chi connectivity index (χ1n) is 7.63. The highest BCUT2D eigenvalue weighted by molar-refractivity contribution is 5.80. The van der Waals surface area contributed by atoms with Crippen molar-refractivity contribution in [3.05, 3.63) is 23.8 Å². The highest BCUT2D eigenvalue weighted by Gasteiger charge is 2.44. The molecule has 1 heterocycles. The highest BCUT2D eigenvalue weighted by Crippen LogP contribution is 2.50. The van der Waals surface area contributed by atoms with Crippen LogP contribution in [0.25, 0.3) is 0 Å². The van der Waals surface area contributed by atoms with E-state index in [0.717, 1.165) is 43.4 Å². The summed E-state index contributed by atoms with van der Waals surface area (Å²) in [5.41, 5.74) is 1.40. The van der Waals surface area contributed by atoms with Gasteiger partial charge in [-0.15, -0.1) is 6.42 Å². The van der Waals surface area contributed by atoms with Crippen molar-refractivity contribution in [3.8, 4) is 23.8 Å². The zero-order chi connectivity index (χ0) is 15.4. The number of nitrogens with one attached hydrogen (secondary N) is 2. The number of guanidine groups is 1. The van der Waals surface area contributed by atoms with E-state index >= 15 is 0 Å². The van der Waals surface area contributed by atoms with Crippen LogP contribution in [0.1, 0.15) is 25.3 Å². The van der Waals surface area contributed by atoms with Crippen LogP contribution >= 0.6 is 0 Å². The van der Waals surface area contributed by atoms with Crippen LogP contribution in [0, 0.1) is 12.3 Å². The maximum absolute atomic E-state index is 5.47. The number of terminal acetylenes is 1. The predicted molar refractivity (Wildman–Crippen MR) is 86.3 cm³/mol. The summed E-state index contributed by atoms with van der Waals surface area (Å²) in [5, 5.41) is 6.33. The minimum atomic E-state index is 0.124. The molecule has 0 atom stereocenters. The molecule has 3 rings (SSSR count). The summed E-state index contributed by atoms with van der Waals surface area (Å²) in [6.45, 7) is 4.38. The van der Waals surface area contributed by atoms with Gasteiger partial charge in [-0.3, -0.25) is 4.99 Å².